The molecule has 1 N–H and O–H groups in total. The van der Waals surface area contributed by atoms with Crippen molar-refractivity contribution in [2.24, 2.45) is 0 Å². The fourth-order valence-electron chi connectivity index (χ4n) is 3.03. The zero-order valence-electron chi connectivity index (χ0n) is 16.4. The van der Waals surface area contributed by atoms with E-state index in [4.69, 9.17) is 14.0 Å². The van der Waals surface area contributed by atoms with Crippen molar-refractivity contribution in [1.82, 2.24) is 5.16 Å². The Labute approximate surface area is 164 Å². The van der Waals surface area contributed by atoms with Crippen LogP contribution in [0.2, 0.25) is 0 Å². The molecule has 0 saturated heterocycles. The third kappa shape index (κ3) is 3.68. The van der Waals surface area contributed by atoms with Crippen molar-refractivity contribution in [3.8, 4) is 22.6 Å². The highest BCUT2D eigenvalue weighted by atomic mass is 32.2. The van der Waals surface area contributed by atoms with Gasteiger partial charge < -0.3 is 14.0 Å². The number of nitrogens with one attached hydrogen (secondary N) is 1. The SMILES string of the molecule is COc1ccc(OC)c(NS(=O)(=O)c2cc(-c3c(C)noc3C)ccc2C)c1. The molecule has 0 unspecified atom stereocenters. The first-order valence-electron chi connectivity index (χ1n) is 8.55. The van der Waals surface area contributed by atoms with Crippen LogP contribution in [-0.4, -0.2) is 27.8 Å². The average Bonchev–Trinajstić information content (AvgIpc) is 3.00. The van der Waals surface area contributed by atoms with E-state index in [1.165, 1.54) is 14.2 Å². The van der Waals surface area contributed by atoms with Crippen molar-refractivity contribution in [2.75, 3.05) is 18.9 Å². The van der Waals surface area contributed by atoms with Gasteiger partial charge in [0.25, 0.3) is 10.0 Å². The molecule has 0 saturated carbocycles. The fraction of sp³-hybridized carbons (Fsp3) is 0.250. The number of aromatic nitrogens is 1. The van der Waals surface area contributed by atoms with Crippen molar-refractivity contribution in [3.63, 3.8) is 0 Å². The van der Waals surface area contributed by atoms with Gasteiger partial charge in [-0.05, 0) is 50.1 Å². The van der Waals surface area contributed by atoms with Crippen molar-refractivity contribution < 1.29 is 22.4 Å². The Morgan fingerprint density at radius 2 is 1.75 bits per heavy atom. The second kappa shape index (κ2) is 7.55. The highest BCUT2D eigenvalue weighted by molar-refractivity contribution is 7.92. The van der Waals surface area contributed by atoms with Gasteiger partial charge in [0.1, 0.15) is 17.3 Å². The molecule has 0 radical (unpaired) electrons. The van der Waals surface area contributed by atoms with Crippen LogP contribution in [0.3, 0.4) is 0 Å². The van der Waals surface area contributed by atoms with Gasteiger partial charge in [-0.15, -0.1) is 0 Å². The molecular weight excluding hydrogens is 380 g/mol. The lowest BCUT2D eigenvalue weighted by molar-refractivity contribution is 0.393. The van der Waals surface area contributed by atoms with Crippen LogP contribution in [-0.2, 0) is 10.0 Å². The molecule has 0 aliphatic heterocycles. The van der Waals surface area contributed by atoms with Crippen molar-refractivity contribution in [3.05, 3.63) is 53.4 Å². The number of sulfonamides is 1. The maximum absolute atomic E-state index is 13.1. The van der Waals surface area contributed by atoms with E-state index in [1.807, 2.05) is 13.0 Å². The van der Waals surface area contributed by atoms with Gasteiger partial charge in [0.15, 0.2) is 0 Å². The summed E-state index contributed by atoms with van der Waals surface area (Å²) < 4.78 is 44.5. The summed E-state index contributed by atoms with van der Waals surface area (Å²) in [6.45, 7) is 5.36. The van der Waals surface area contributed by atoms with E-state index in [2.05, 4.69) is 9.88 Å². The smallest absolute Gasteiger partial charge is 0.262 e. The van der Waals surface area contributed by atoms with Crippen LogP contribution in [0.25, 0.3) is 11.1 Å². The van der Waals surface area contributed by atoms with Gasteiger partial charge in [-0.3, -0.25) is 4.72 Å². The monoisotopic (exact) mass is 402 g/mol. The van der Waals surface area contributed by atoms with E-state index in [0.29, 0.717) is 34.2 Å². The molecule has 2 aromatic carbocycles. The van der Waals surface area contributed by atoms with Gasteiger partial charge >= 0.3 is 0 Å². The normalized spacial score (nSPS) is 11.3. The lowest BCUT2D eigenvalue weighted by Crippen LogP contribution is -2.15. The summed E-state index contributed by atoms with van der Waals surface area (Å²) >= 11 is 0. The largest absolute Gasteiger partial charge is 0.497 e. The van der Waals surface area contributed by atoms with Crippen molar-refractivity contribution in [1.29, 1.82) is 0 Å². The van der Waals surface area contributed by atoms with E-state index >= 15 is 0 Å². The van der Waals surface area contributed by atoms with Crippen LogP contribution < -0.4 is 14.2 Å². The van der Waals surface area contributed by atoms with Gasteiger partial charge in [0, 0.05) is 11.6 Å². The summed E-state index contributed by atoms with van der Waals surface area (Å²) in [6, 6.07) is 10.1. The first-order chi connectivity index (χ1) is 13.3. The number of anilines is 1. The van der Waals surface area contributed by atoms with Crippen LogP contribution in [0.1, 0.15) is 17.0 Å². The van der Waals surface area contributed by atoms with E-state index in [9.17, 15) is 8.42 Å². The van der Waals surface area contributed by atoms with E-state index in [1.54, 1.807) is 44.2 Å². The predicted octanol–water partition coefficient (Wildman–Crippen LogP) is 4.08. The summed E-state index contributed by atoms with van der Waals surface area (Å²) in [7, 11) is -0.891. The molecule has 0 fully saturated rings. The number of benzene rings is 2. The lowest BCUT2D eigenvalue weighted by Gasteiger charge is -2.15. The molecule has 8 heteroatoms. The van der Waals surface area contributed by atoms with E-state index < -0.39 is 10.0 Å². The molecule has 1 heterocycles. The van der Waals surface area contributed by atoms with Gasteiger partial charge in [0.2, 0.25) is 0 Å². The highest BCUT2D eigenvalue weighted by Gasteiger charge is 2.22. The standard InChI is InChI=1S/C20H22N2O5S/c1-12-6-7-15(20-13(2)21-27-14(20)3)10-19(12)28(23,24)22-17-11-16(25-4)8-9-18(17)26-5/h6-11,22H,1-5H3. The number of ether oxygens (including phenoxy) is 2. The summed E-state index contributed by atoms with van der Waals surface area (Å²) in [5.41, 5.74) is 3.12. The van der Waals surface area contributed by atoms with Gasteiger partial charge in [0.05, 0.1) is 30.5 Å². The number of methoxy groups -OCH3 is 2. The summed E-state index contributed by atoms with van der Waals surface area (Å²) in [6.07, 6.45) is 0. The molecule has 3 rings (SSSR count). The zero-order chi connectivity index (χ0) is 20.5. The minimum absolute atomic E-state index is 0.162. The van der Waals surface area contributed by atoms with Gasteiger partial charge in [-0.25, -0.2) is 8.42 Å². The van der Waals surface area contributed by atoms with Crippen molar-refractivity contribution >= 4 is 15.7 Å². The molecule has 7 nitrogen and oxygen atoms in total. The molecule has 0 amide bonds. The Morgan fingerprint density at radius 1 is 1.00 bits per heavy atom. The Balaban J connectivity index is 2.07. The summed E-state index contributed by atoms with van der Waals surface area (Å²) in [4.78, 5) is 0.162. The van der Waals surface area contributed by atoms with Crippen molar-refractivity contribution in [2.45, 2.75) is 25.7 Å². The second-order valence-corrected chi connectivity index (χ2v) is 8.00. The van der Waals surface area contributed by atoms with Crippen LogP contribution >= 0.6 is 0 Å². The van der Waals surface area contributed by atoms with Gasteiger partial charge in [-0.2, -0.15) is 0 Å². The van der Waals surface area contributed by atoms with Crippen LogP contribution in [0.5, 0.6) is 11.5 Å². The Kier molecular flexibility index (Phi) is 5.33. The molecular formula is C20H22N2O5S. The first kappa shape index (κ1) is 19.8. The van der Waals surface area contributed by atoms with E-state index in [0.717, 1.165) is 11.1 Å². The van der Waals surface area contributed by atoms with Crippen LogP contribution in [0.15, 0.2) is 45.8 Å². The van der Waals surface area contributed by atoms with Crippen LogP contribution in [0, 0.1) is 20.8 Å². The molecule has 3 aromatic rings. The topological polar surface area (TPSA) is 90.7 Å². The van der Waals surface area contributed by atoms with Gasteiger partial charge in [-0.1, -0.05) is 17.3 Å². The Morgan fingerprint density at radius 3 is 2.36 bits per heavy atom. The number of hydrogen-bond acceptors (Lipinski definition) is 6. The maximum Gasteiger partial charge on any atom is 0.262 e. The number of nitrogens with zero attached hydrogens (tertiary/aromatic N) is 1. The molecule has 0 spiro atoms. The highest BCUT2D eigenvalue weighted by Crippen LogP contribution is 2.33. The first-order valence-corrected chi connectivity index (χ1v) is 10.0. The lowest BCUT2D eigenvalue weighted by atomic mass is 10.0. The number of hydrogen-bond donors (Lipinski definition) is 1. The Hall–Kier alpha value is -3.00. The third-order valence-corrected chi connectivity index (χ3v) is 5.96. The summed E-state index contributed by atoms with van der Waals surface area (Å²) in [5.74, 6) is 1.54. The predicted molar refractivity (Wildman–Crippen MR) is 107 cm³/mol. The average molecular weight is 402 g/mol. The second-order valence-electron chi connectivity index (χ2n) is 6.35. The molecule has 0 atom stereocenters. The molecule has 0 aliphatic carbocycles. The van der Waals surface area contributed by atoms with Crippen LogP contribution in [0.4, 0.5) is 5.69 Å². The quantitative estimate of drug-likeness (QED) is 0.668. The van der Waals surface area contributed by atoms with E-state index in [-0.39, 0.29) is 4.90 Å². The summed E-state index contributed by atoms with van der Waals surface area (Å²) in [5, 5.41) is 3.95. The zero-order valence-corrected chi connectivity index (χ0v) is 17.2. The molecule has 28 heavy (non-hydrogen) atoms. The fourth-order valence-corrected chi connectivity index (χ4v) is 4.37. The third-order valence-electron chi connectivity index (χ3n) is 4.45. The molecule has 0 bridgehead atoms. The minimum atomic E-state index is -3.88. The molecule has 0 aliphatic rings. The molecule has 1 aromatic heterocycles. The number of rotatable bonds is 6. The Bertz CT molecular complexity index is 1100. The molecule has 148 valence electrons. The maximum atomic E-state index is 13.1. The minimum Gasteiger partial charge on any atom is -0.497 e. The number of aryl methyl sites for hydroxylation is 3.